The Bertz CT molecular complexity index is 559. The molecule has 0 N–H and O–H groups in total. The first-order valence-corrected chi connectivity index (χ1v) is 9.94. The summed E-state index contributed by atoms with van der Waals surface area (Å²) in [4.78, 5) is 14.1. The van der Waals surface area contributed by atoms with Crippen molar-refractivity contribution >= 4 is 38.8 Å². The van der Waals surface area contributed by atoms with E-state index in [2.05, 4.69) is 10.2 Å². The molecule has 2 atom stereocenters. The standard InChI is InChI=1S/C11H17N3O3S3/c1-3-14(9-4-5-20(16,17)6-9)10(15)8(2)19-11-13-12-7-18-11/h7-9H,3-6H2,1-2H3. The Morgan fingerprint density at radius 2 is 2.40 bits per heavy atom. The Morgan fingerprint density at radius 1 is 1.65 bits per heavy atom. The predicted octanol–water partition coefficient (Wildman–Crippen LogP) is 1.05. The highest BCUT2D eigenvalue weighted by Crippen LogP contribution is 2.27. The zero-order valence-corrected chi connectivity index (χ0v) is 13.8. The molecule has 0 radical (unpaired) electrons. The van der Waals surface area contributed by atoms with Gasteiger partial charge in [0.1, 0.15) is 5.51 Å². The van der Waals surface area contributed by atoms with Crippen LogP contribution in [0.2, 0.25) is 0 Å². The summed E-state index contributed by atoms with van der Waals surface area (Å²) in [6.07, 6.45) is 0.540. The van der Waals surface area contributed by atoms with Gasteiger partial charge < -0.3 is 4.90 Å². The summed E-state index contributed by atoms with van der Waals surface area (Å²) in [6.45, 7) is 4.23. The van der Waals surface area contributed by atoms with Gasteiger partial charge in [0.05, 0.1) is 16.8 Å². The van der Waals surface area contributed by atoms with Crippen LogP contribution in [0.15, 0.2) is 9.85 Å². The summed E-state index contributed by atoms with van der Waals surface area (Å²) in [5.74, 6) is 0.233. The van der Waals surface area contributed by atoms with Gasteiger partial charge in [-0.2, -0.15) is 0 Å². The molecule has 0 aromatic carbocycles. The Hall–Kier alpha value is -0.670. The second kappa shape index (κ2) is 6.40. The summed E-state index contributed by atoms with van der Waals surface area (Å²) >= 11 is 2.76. The average molecular weight is 335 g/mol. The lowest BCUT2D eigenvalue weighted by Gasteiger charge is -2.29. The maximum absolute atomic E-state index is 12.5. The Morgan fingerprint density at radius 3 is 2.90 bits per heavy atom. The van der Waals surface area contributed by atoms with Crippen molar-refractivity contribution in [2.75, 3.05) is 18.1 Å². The number of rotatable bonds is 5. The van der Waals surface area contributed by atoms with Crippen LogP contribution in [0.25, 0.3) is 0 Å². The minimum Gasteiger partial charge on any atom is -0.338 e. The molecule has 1 aromatic rings. The first-order chi connectivity index (χ1) is 9.43. The van der Waals surface area contributed by atoms with E-state index in [-0.39, 0.29) is 28.7 Å². The van der Waals surface area contributed by atoms with Crippen LogP contribution in [0.5, 0.6) is 0 Å². The highest BCUT2D eigenvalue weighted by molar-refractivity contribution is 8.02. The minimum absolute atomic E-state index is 0.0326. The zero-order valence-electron chi connectivity index (χ0n) is 11.4. The lowest BCUT2D eigenvalue weighted by Crippen LogP contribution is -2.44. The second-order valence-electron chi connectivity index (χ2n) is 4.65. The van der Waals surface area contributed by atoms with E-state index in [4.69, 9.17) is 0 Å². The fourth-order valence-corrected chi connectivity index (χ4v) is 5.69. The van der Waals surface area contributed by atoms with Gasteiger partial charge in [0, 0.05) is 12.6 Å². The topological polar surface area (TPSA) is 80.2 Å². The molecule has 1 saturated heterocycles. The van der Waals surface area contributed by atoms with Gasteiger partial charge in [-0.1, -0.05) is 23.1 Å². The molecule has 0 saturated carbocycles. The molecular weight excluding hydrogens is 318 g/mol. The molecule has 9 heteroatoms. The number of hydrogen-bond acceptors (Lipinski definition) is 7. The van der Waals surface area contributed by atoms with Crippen molar-refractivity contribution in [3.8, 4) is 0 Å². The Kier molecular flexibility index (Phi) is 5.03. The van der Waals surface area contributed by atoms with E-state index in [1.807, 2.05) is 13.8 Å². The molecule has 1 aliphatic rings. The number of aromatic nitrogens is 2. The van der Waals surface area contributed by atoms with E-state index in [9.17, 15) is 13.2 Å². The summed E-state index contributed by atoms with van der Waals surface area (Å²) in [5, 5.41) is 7.36. The van der Waals surface area contributed by atoms with Crippen LogP contribution in [0.3, 0.4) is 0 Å². The number of hydrogen-bond donors (Lipinski definition) is 0. The normalized spacial score (nSPS) is 22.6. The molecule has 1 aromatic heterocycles. The van der Waals surface area contributed by atoms with Crippen LogP contribution < -0.4 is 0 Å². The molecule has 0 aliphatic carbocycles. The van der Waals surface area contributed by atoms with Gasteiger partial charge in [-0.15, -0.1) is 10.2 Å². The molecule has 2 rings (SSSR count). The van der Waals surface area contributed by atoms with Gasteiger partial charge in [0.15, 0.2) is 14.2 Å². The van der Waals surface area contributed by atoms with E-state index in [0.717, 1.165) is 4.34 Å². The maximum atomic E-state index is 12.5. The van der Waals surface area contributed by atoms with E-state index in [1.54, 1.807) is 10.4 Å². The van der Waals surface area contributed by atoms with Crippen LogP contribution >= 0.6 is 23.1 Å². The lowest BCUT2D eigenvalue weighted by atomic mass is 10.2. The second-order valence-corrected chi connectivity index (χ2v) is 9.30. The maximum Gasteiger partial charge on any atom is 0.236 e. The number of thioether (sulfide) groups is 1. The average Bonchev–Trinajstić information content (AvgIpc) is 3.00. The van der Waals surface area contributed by atoms with Crippen LogP contribution in [0.1, 0.15) is 20.3 Å². The first kappa shape index (κ1) is 15.7. The predicted molar refractivity (Wildman–Crippen MR) is 79.7 cm³/mol. The largest absolute Gasteiger partial charge is 0.338 e. The highest BCUT2D eigenvalue weighted by atomic mass is 32.2. The summed E-state index contributed by atoms with van der Waals surface area (Å²) in [5.41, 5.74) is 1.63. The van der Waals surface area contributed by atoms with Crippen molar-refractivity contribution in [1.29, 1.82) is 0 Å². The van der Waals surface area contributed by atoms with E-state index >= 15 is 0 Å². The summed E-state index contributed by atoms with van der Waals surface area (Å²) in [7, 11) is -2.98. The smallest absolute Gasteiger partial charge is 0.236 e. The molecule has 1 aliphatic heterocycles. The van der Waals surface area contributed by atoms with E-state index < -0.39 is 9.84 Å². The third kappa shape index (κ3) is 3.70. The van der Waals surface area contributed by atoms with Crippen molar-refractivity contribution < 1.29 is 13.2 Å². The molecule has 20 heavy (non-hydrogen) atoms. The SMILES string of the molecule is CCN(C(=O)C(C)Sc1nncs1)C1CCS(=O)(=O)C1. The van der Waals surface area contributed by atoms with Crippen molar-refractivity contribution in [1.82, 2.24) is 15.1 Å². The van der Waals surface area contributed by atoms with Crippen LogP contribution in [-0.4, -0.2) is 58.8 Å². The third-order valence-electron chi connectivity index (χ3n) is 3.24. The number of amides is 1. The number of nitrogens with zero attached hydrogens (tertiary/aromatic N) is 3. The van der Waals surface area contributed by atoms with E-state index in [0.29, 0.717) is 13.0 Å². The molecule has 1 fully saturated rings. The van der Waals surface area contributed by atoms with Crippen LogP contribution in [-0.2, 0) is 14.6 Å². The third-order valence-corrected chi connectivity index (χ3v) is 6.89. The fourth-order valence-electron chi connectivity index (χ4n) is 2.26. The Balaban J connectivity index is 2.02. The van der Waals surface area contributed by atoms with Gasteiger partial charge in [-0.3, -0.25) is 4.79 Å². The highest BCUT2D eigenvalue weighted by Gasteiger charge is 2.35. The monoisotopic (exact) mass is 335 g/mol. The Labute approximate surface area is 126 Å². The lowest BCUT2D eigenvalue weighted by molar-refractivity contribution is -0.131. The molecule has 2 unspecified atom stereocenters. The zero-order chi connectivity index (χ0) is 14.8. The van der Waals surface area contributed by atoms with Gasteiger partial charge in [0.2, 0.25) is 5.91 Å². The molecular formula is C11H17N3O3S3. The van der Waals surface area contributed by atoms with Crippen LogP contribution in [0.4, 0.5) is 0 Å². The number of carbonyl (C=O) groups excluding carboxylic acids is 1. The minimum atomic E-state index is -2.98. The quantitative estimate of drug-likeness (QED) is 0.748. The first-order valence-electron chi connectivity index (χ1n) is 6.36. The molecule has 2 heterocycles. The molecule has 112 valence electrons. The fraction of sp³-hybridized carbons (Fsp3) is 0.727. The summed E-state index contributed by atoms with van der Waals surface area (Å²) in [6, 6.07) is -0.185. The van der Waals surface area contributed by atoms with Crippen molar-refractivity contribution in [2.24, 2.45) is 0 Å². The van der Waals surface area contributed by atoms with Gasteiger partial charge in [-0.05, 0) is 20.3 Å². The summed E-state index contributed by atoms with van der Waals surface area (Å²) < 4.78 is 23.9. The molecule has 0 spiro atoms. The molecule has 6 nitrogen and oxygen atoms in total. The van der Waals surface area contributed by atoms with Gasteiger partial charge in [-0.25, -0.2) is 8.42 Å². The van der Waals surface area contributed by atoms with Crippen molar-refractivity contribution in [3.05, 3.63) is 5.51 Å². The molecule has 1 amide bonds. The van der Waals surface area contributed by atoms with Gasteiger partial charge >= 0.3 is 0 Å². The van der Waals surface area contributed by atoms with Gasteiger partial charge in [0.25, 0.3) is 0 Å². The number of carbonyl (C=O) groups is 1. The van der Waals surface area contributed by atoms with E-state index in [1.165, 1.54) is 23.1 Å². The molecule has 0 bridgehead atoms. The van der Waals surface area contributed by atoms with Crippen molar-refractivity contribution in [2.45, 2.75) is 35.9 Å². The van der Waals surface area contributed by atoms with Crippen LogP contribution in [0, 0.1) is 0 Å². The number of sulfone groups is 1. The van der Waals surface area contributed by atoms with Crippen molar-refractivity contribution in [3.63, 3.8) is 0 Å².